The lowest BCUT2D eigenvalue weighted by atomic mass is 10.2. The molecule has 1 fully saturated rings. The molecule has 17 heavy (non-hydrogen) atoms. The van der Waals surface area contributed by atoms with Crippen LogP contribution in [0.25, 0.3) is 0 Å². The van der Waals surface area contributed by atoms with Crippen molar-refractivity contribution in [1.82, 2.24) is 0 Å². The highest BCUT2D eigenvalue weighted by Crippen LogP contribution is 2.33. The number of carbonyl (C=O) groups excluding carboxylic acids is 1. The summed E-state index contributed by atoms with van der Waals surface area (Å²) in [6.07, 6.45) is 1.60. The zero-order valence-corrected chi connectivity index (χ0v) is 10.2. The van der Waals surface area contributed by atoms with Gasteiger partial charge in [-0.25, -0.2) is 13.6 Å². The van der Waals surface area contributed by atoms with Gasteiger partial charge in [0, 0.05) is 0 Å². The minimum Gasteiger partial charge on any atom is -0.425 e. The average Bonchev–Trinajstić information content (AvgIpc) is 3.02. The number of carbonyl (C=O) groups is 1. The van der Waals surface area contributed by atoms with Crippen LogP contribution in [0.15, 0.2) is 23.1 Å². The lowest BCUT2D eigenvalue weighted by Crippen LogP contribution is -2.17. The SMILES string of the molecule is Cc1cccc(S(N)(=O)=O)c1OC(=O)C1CC1. The number of sulfonamides is 1. The quantitative estimate of drug-likeness (QED) is 0.643. The summed E-state index contributed by atoms with van der Waals surface area (Å²) in [5.41, 5.74) is 0.575. The van der Waals surface area contributed by atoms with Gasteiger partial charge in [-0.3, -0.25) is 4.79 Å². The van der Waals surface area contributed by atoms with Gasteiger partial charge < -0.3 is 4.74 Å². The number of ether oxygens (including phenoxy) is 1. The maximum absolute atomic E-state index is 11.5. The molecule has 0 aliphatic heterocycles. The number of benzene rings is 1. The summed E-state index contributed by atoms with van der Waals surface area (Å²) >= 11 is 0. The van der Waals surface area contributed by atoms with Crippen LogP contribution in [0.3, 0.4) is 0 Å². The largest absolute Gasteiger partial charge is 0.425 e. The molecule has 0 bridgehead atoms. The molecule has 0 unspecified atom stereocenters. The molecule has 5 nitrogen and oxygen atoms in total. The second kappa shape index (κ2) is 4.12. The molecule has 0 atom stereocenters. The molecule has 0 aromatic heterocycles. The molecule has 2 rings (SSSR count). The molecule has 1 aromatic carbocycles. The van der Waals surface area contributed by atoms with Gasteiger partial charge in [-0.2, -0.15) is 0 Å². The maximum atomic E-state index is 11.5. The summed E-state index contributed by atoms with van der Waals surface area (Å²) in [5, 5.41) is 5.07. The first-order valence-electron chi connectivity index (χ1n) is 5.23. The first-order chi connectivity index (χ1) is 7.89. The number of nitrogens with two attached hydrogens (primary N) is 1. The predicted octanol–water partition coefficient (Wildman–Crippen LogP) is 0.958. The van der Waals surface area contributed by atoms with Gasteiger partial charge in [-0.05, 0) is 31.4 Å². The molecule has 92 valence electrons. The first-order valence-corrected chi connectivity index (χ1v) is 6.78. The van der Waals surface area contributed by atoms with Crippen LogP contribution < -0.4 is 9.88 Å². The van der Waals surface area contributed by atoms with Crippen molar-refractivity contribution in [3.8, 4) is 5.75 Å². The molecular weight excluding hydrogens is 242 g/mol. The minimum atomic E-state index is -3.88. The van der Waals surface area contributed by atoms with Gasteiger partial charge in [-0.1, -0.05) is 12.1 Å². The van der Waals surface area contributed by atoms with E-state index in [1.807, 2.05) is 0 Å². The number of rotatable bonds is 3. The monoisotopic (exact) mass is 255 g/mol. The van der Waals surface area contributed by atoms with Crippen molar-refractivity contribution < 1.29 is 17.9 Å². The standard InChI is InChI=1S/C11H13NO4S/c1-7-3-2-4-9(17(12,14)15)10(7)16-11(13)8-5-6-8/h2-4,8H,5-6H2,1H3,(H2,12,14,15). The summed E-state index contributed by atoms with van der Waals surface area (Å²) in [6, 6.07) is 4.56. The Labute approximate surface area is 99.6 Å². The Hall–Kier alpha value is -1.40. The smallest absolute Gasteiger partial charge is 0.314 e. The van der Waals surface area contributed by atoms with Crippen molar-refractivity contribution in [2.24, 2.45) is 11.1 Å². The van der Waals surface area contributed by atoms with Crippen molar-refractivity contribution in [1.29, 1.82) is 0 Å². The Bertz CT molecular complexity index is 561. The van der Waals surface area contributed by atoms with E-state index in [4.69, 9.17) is 9.88 Å². The summed E-state index contributed by atoms with van der Waals surface area (Å²) in [5.74, 6) is -0.431. The van der Waals surface area contributed by atoms with Gasteiger partial charge in [0.05, 0.1) is 5.92 Å². The predicted molar refractivity (Wildman–Crippen MR) is 60.9 cm³/mol. The van der Waals surface area contributed by atoms with Gasteiger partial charge in [-0.15, -0.1) is 0 Å². The zero-order valence-electron chi connectivity index (χ0n) is 9.34. The van der Waals surface area contributed by atoms with Crippen LogP contribution in [-0.2, 0) is 14.8 Å². The van der Waals surface area contributed by atoms with Gasteiger partial charge >= 0.3 is 5.97 Å². The molecule has 1 aliphatic carbocycles. The zero-order chi connectivity index (χ0) is 12.6. The summed E-state index contributed by atoms with van der Waals surface area (Å²) in [4.78, 5) is 11.4. The molecule has 6 heteroatoms. The second-order valence-electron chi connectivity index (χ2n) is 4.14. The molecule has 0 amide bonds. The average molecular weight is 255 g/mol. The lowest BCUT2D eigenvalue weighted by molar-refractivity contribution is -0.136. The minimum absolute atomic E-state index is 0.0481. The molecule has 0 spiro atoms. The second-order valence-corrected chi connectivity index (χ2v) is 5.67. The highest BCUT2D eigenvalue weighted by Gasteiger charge is 2.33. The van der Waals surface area contributed by atoms with Gasteiger partial charge in [0.1, 0.15) is 4.90 Å². The maximum Gasteiger partial charge on any atom is 0.314 e. The Morgan fingerprint density at radius 2 is 2.06 bits per heavy atom. The highest BCUT2D eigenvalue weighted by molar-refractivity contribution is 7.89. The first kappa shape index (κ1) is 12.1. The van der Waals surface area contributed by atoms with Crippen LogP contribution in [0.4, 0.5) is 0 Å². The van der Waals surface area contributed by atoms with Gasteiger partial charge in [0.15, 0.2) is 5.75 Å². The molecule has 0 saturated heterocycles. The Kier molecular flexibility index (Phi) is 2.92. The molecule has 1 aromatic rings. The van der Waals surface area contributed by atoms with E-state index >= 15 is 0 Å². The van der Waals surface area contributed by atoms with Crippen molar-refractivity contribution in [2.45, 2.75) is 24.7 Å². The topological polar surface area (TPSA) is 86.5 Å². The van der Waals surface area contributed by atoms with Crippen LogP contribution >= 0.6 is 0 Å². The van der Waals surface area contributed by atoms with E-state index in [9.17, 15) is 13.2 Å². The highest BCUT2D eigenvalue weighted by atomic mass is 32.2. The molecule has 0 heterocycles. The van der Waals surface area contributed by atoms with Crippen LogP contribution in [0.5, 0.6) is 5.75 Å². The summed E-state index contributed by atoms with van der Waals surface area (Å²) < 4.78 is 27.8. The van der Waals surface area contributed by atoms with E-state index in [0.29, 0.717) is 5.56 Å². The molecule has 2 N–H and O–H groups in total. The lowest BCUT2D eigenvalue weighted by Gasteiger charge is -2.10. The van der Waals surface area contributed by atoms with E-state index in [1.165, 1.54) is 6.07 Å². The van der Waals surface area contributed by atoms with E-state index < -0.39 is 10.0 Å². The number of para-hydroxylation sites is 1. The van der Waals surface area contributed by atoms with E-state index in [-0.39, 0.29) is 22.5 Å². The fourth-order valence-corrected chi connectivity index (χ4v) is 2.21. The number of primary sulfonamides is 1. The number of hydrogen-bond donors (Lipinski definition) is 1. The van der Waals surface area contributed by atoms with E-state index in [2.05, 4.69) is 0 Å². The Balaban J connectivity index is 2.40. The van der Waals surface area contributed by atoms with Crippen molar-refractivity contribution in [2.75, 3.05) is 0 Å². The molecule has 1 aliphatic rings. The third-order valence-corrected chi connectivity index (χ3v) is 3.53. The Morgan fingerprint density at radius 1 is 1.41 bits per heavy atom. The van der Waals surface area contributed by atoms with Crippen molar-refractivity contribution in [3.63, 3.8) is 0 Å². The molecule has 0 radical (unpaired) electrons. The normalized spacial score (nSPS) is 15.6. The van der Waals surface area contributed by atoms with Crippen molar-refractivity contribution in [3.05, 3.63) is 23.8 Å². The van der Waals surface area contributed by atoms with E-state index in [0.717, 1.165) is 12.8 Å². The van der Waals surface area contributed by atoms with Crippen molar-refractivity contribution >= 4 is 16.0 Å². The summed E-state index contributed by atoms with van der Waals surface area (Å²) in [7, 11) is -3.88. The molecule has 1 saturated carbocycles. The number of hydrogen-bond acceptors (Lipinski definition) is 4. The number of aryl methyl sites for hydroxylation is 1. The molecular formula is C11H13NO4S. The Morgan fingerprint density at radius 3 is 2.59 bits per heavy atom. The third-order valence-electron chi connectivity index (χ3n) is 2.60. The third kappa shape index (κ3) is 2.65. The number of esters is 1. The van der Waals surface area contributed by atoms with Crippen LogP contribution in [0.2, 0.25) is 0 Å². The fraction of sp³-hybridized carbons (Fsp3) is 0.364. The van der Waals surface area contributed by atoms with Crippen LogP contribution in [0.1, 0.15) is 18.4 Å². The van der Waals surface area contributed by atoms with Crippen LogP contribution in [-0.4, -0.2) is 14.4 Å². The van der Waals surface area contributed by atoms with E-state index in [1.54, 1.807) is 19.1 Å². The van der Waals surface area contributed by atoms with Crippen LogP contribution in [0, 0.1) is 12.8 Å². The van der Waals surface area contributed by atoms with Gasteiger partial charge in [0.25, 0.3) is 0 Å². The fourth-order valence-electron chi connectivity index (χ4n) is 1.48. The van der Waals surface area contributed by atoms with Gasteiger partial charge in [0.2, 0.25) is 10.0 Å². The summed E-state index contributed by atoms with van der Waals surface area (Å²) in [6.45, 7) is 1.67.